The van der Waals surface area contributed by atoms with E-state index in [-0.39, 0.29) is 34.6 Å². The van der Waals surface area contributed by atoms with Gasteiger partial charge in [-0.25, -0.2) is 0 Å². The van der Waals surface area contributed by atoms with Gasteiger partial charge in [0.1, 0.15) is 17.1 Å². The second-order valence-electron chi connectivity index (χ2n) is 11.4. The van der Waals surface area contributed by atoms with Crippen molar-refractivity contribution >= 4 is 17.9 Å². The standard InChI is InChI=1S/C26H36O6/c1-6-7-10-24-11-8-17-25(14-24,13-15(24)2)19(21(28)30-5)20-23(4)18(31-16(3)27)9-12-26(17,20)32-22(23)29/h17-20H,2,6-14H2,1,3-5H3/t17-,18+,19-,20-,23-,24-,25+,26-/m1/s1. The molecule has 6 nitrogen and oxygen atoms in total. The topological polar surface area (TPSA) is 78.9 Å². The number of esters is 3. The summed E-state index contributed by atoms with van der Waals surface area (Å²) in [7, 11) is 1.44. The Morgan fingerprint density at radius 2 is 2.00 bits per heavy atom. The lowest BCUT2D eigenvalue weighted by molar-refractivity contribution is -0.170. The average Bonchev–Trinajstić information content (AvgIpc) is 3.18. The molecule has 0 N–H and O–H groups in total. The van der Waals surface area contributed by atoms with Gasteiger partial charge >= 0.3 is 17.9 Å². The molecule has 176 valence electrons. The number of carbonyl (C=O) groups excluding carboxylic acids is 3. The van der Waals surface area contributed by atoms with Crippen molar-refractivity contribution in [2.24, 2.45) is 34.0 Å². The molecule has 5 fully saturated rings. The van der Waals surface area contributed by atoms with Crippen molar-refractivity contribution in [2.45, 2.75) is 90.3 Å². The molecule has 4 saturated carbocycles. The predicted molar refractivity (Wildman–Crippen MR) is 116 cm³/mol. The van der Waals surface area contributed by atoms with Crippen LogP contribution in [0.15, 0.2) is 12.2 Å². The summed E-state index contributed by atoms with van der Waals surface area (Å²) in [5, 5.41) is 0. The van der Waals surface area contributed by atoms with Crippen LogP contribution in [0.1, 0.15) is 78.6 Å². The molecule has 0 unspecified atom stereocenters. The fraction of sp³-hybridized carbons (Fsp3) is 0.808. The highest BCUT2D eigenvalue weighted by molar-refractivity contribution is 5.86. The van der Waals surface area contributed by atoms with E-state index in [4.69, 9.17) is 14.2 Å². The van der Waals surface area contributed by atoms with Crippen molar-refractivity contribution in [3.8, 4) is 0 Å². The summed E-state index contributed by atoms with van der Waals surface area (Å²) in [4.78, 5) is 38.8. The maximum Gasteiger partial charge on any atom is 0.316 e. The van der Waals surface area contributed by atoms with Crippen LogP contribution < -0.4 is 0 Å². The molecular weight excluding hydrogens is 408 g/mol. The number of carbonyl (C=O) groups is 3. The summed E-state index contributed by atoms with van der Waals surface area (Å²) >= 11 is 0. The normalized spacial score (nSPS) is 48.1. The first kappa shape index (κ1) is 22.0. The van der Waals surface area contributed by atoms with Crippen LogP contribution in [0.2, 0.25) is 0 Å². The summed E-state index contributed by atoms with van der Waals surface area (Å²) in [5.74, 6) is -1.66. The number of ether oxygens (including phenoxy) is 3. The minimum atomic E-state index is -1.04. The number of unbranched alkanes of at least 4 members (excludes halogenated alkanes) is 1. The molecular formula is C26H36O6. The third-order valence-electron chi connectivity index (χ3n) is 10.2. The first-order chi connectivity index (χ1) is 15.1. The molecule has 0 aromatic heterocycles. The van der Waals surface area contributed by atoms with Gasteiger partial charge in [-0.15, -0.1) is 0 Å². The fourth-order valence-electron chi connectivity index (χ4n) is 9.17. The Hall–Kier alpha value is -1.85. The van der Waals surface area contributed by atoms with Gasteiger partial charge in [-0.05, 0) is 62.7 Å². The van der Waals surface area contributed by atoms with Crippen molar-refractivity contribution in [3.63, 3.8) is 0 Å². The third-order valence-corrected chi connectivity index (χ3v) is 10.2. The van der Waals surface area contributed by atoms with E-state index in [1.807, 2.05) is 6.92 Å². The highest BCUT2D eigenvalue weighted by atomic mass is 16.6. The zero-order valence-electron chi connectivity index (χ0n) is 19.8. The molecule has 1 spiro atoms. The number of allylic oxidation sites excluding steroid dienone is 1. The maximum absolute atomic E-state index is 13.5. The summed E-state index contributed by atoms with van der Waals surface area (Å²) < 4.78 is 17.4. The Morgan fingerprint density at radius 3 is 2.66 bits per heavy atom. The van der Waals surface area contributed by atoms with Crippen molar-refractivity contribution < 1.29 is 28.6 Å². The minimum Gasteiger partial charge on any atom is -0.469 e. The monoisotopic (exact) mass is 444 g/mol. The molecule has 4 bridgehead atoms. The largest absolute Gasteiger partial charge is 0.469 e. The molecule has 0 aromatic carbocycles. The zero-order valence-corrected chi connectivity index (χ0v) is 19.8. The van der Waals surface area contributed by atoms with Crippen LogP contribution in [0.3, 0.4) is 0 Å². The zero-order chi connectivity index (χ0) is 23.1. The quantitative estimate of drug-likeness (QED) is 0.356. The van der Waals surface area contributed by atoms with E-state index in [9.17, 15) is 14.4 Å². The van der Waals surface area contributed by atoms with Gasteiger partial charge in [0.2, 0.25) is 0 Å². The maximum atomic E-state index is 13.5. The van der Waals surface area contributed by atoms with Crippen LogP contribution in [-0.4, -0.2) is 36.7 Å². The van der Waals surface area contributed by atoms with E-state index < -0.39 is 29.0 Å². The average molecular weight is 445 g/mol. The van der Waals surface area contributed by atoms with Crippen LogP contribution >= 0.6 is 0 Å². The molecule has 0 aromatic rings. The van der Waals surface area contributed by atoms with Crippen molar-refractivity contribution in [2.75, 3.05) is 7.11 Å². The van der Waals surface area contributed by atoms with Crippen molar-refractivity contribution in [1.82, 2.24) is 0 Å². The van der Waals surface area contributed by atoms with Gasteiger partial charge in [0.15, 0.2) is 0 Å². The Balaban J connectivity index is 1.65. The van der Waals surface area contributed by atoms with E-state index in [2.05, 4.69) is 13.5 Å². The summed E-state index contributed by atoms with van der Waals surface area (Å²) in [6.07, 6.45) is 7.74. The van der Waals surface area contributed by atoms with E-state index in [1.165, 1.54) is 19.6 Å². The second-order valence-corrected chi connectivity index (χ2v) is 11.4. The van der Waals surface area contributed by atoms with Gasteiger partial charge in [0.05, 0.1) is 13.0 Å². The molecule has 4 aliphatic carbocycles. The Kier molecular flexibility index (Phi) is 4.69. The highest BCUT2D eigenvalue weighted by Crippen LogP contribution is 2.80. The number of fused-ring (bicyclic) bond motifs is 1. The van der Waals surface area contributed by atoms with Crippen LogP contribution in [0.5, 0.6) is 0 Å². The molecule has 0 amide bonds. The molecule has 6 heteroatoms. The number of hydrogen-bond donors (Lipinski definition) is 0. The molecule has 5 aliphatic rings. The van der Waals surface area contributed by atoms with Crippen molar-refractivity contribution in [3.05, 3.63) is 12.2 Å². The molecule has 1 heterocycles. The van der Waals surface area contributed by atoms with E-state index in [0.29, 0.717) is 12.8 Å². The minimum absolute atomic E-state index is 0.0718. The van der Waals surface area contributed by atoms with Gasteiger partial charge in [-0.2, -0.15) is 0 Å². The predicted octanol–water partition coefficient (Wildman–Crippen LogP) is 4.36. The molecule has 1 saturated heterocycles. The molecule has 0 radical (unpaired) electrons. The molecule has 8 atom stereocenters. The smallest absolute Gasteiger partial charge is 0.316 e. The number of rotatable bonds is 5. The summed E-state index contributed by atoms with van der Waals surface area (Å²) in [5.41, 5.74) is -0.675. The second kappa shape index (κ2) is 6.83. The van der Waals surface area contributed by atoms with Gasteiger partial charge in [-0.1, -0.05) is 31.9 Å². The SMILES string of the molecule is C=C1C[C@]23C[C@@]1(CCCC)CC[C@H]2[C@@]12CC[C@H](OC(C)=O)[C@@](C)(C(=O)O1)[C@H]2[C@@H]3C(=O)OC. The molecule has 1 aliphatic heterocycles. The van der Waals surface area contributed by atoms with Crippen LogP contribution in [-0.2, 0) is 28.6 Å². The van der Waals surface area contributed by atoms with E-state index >= 15 is 0 Å². The first-order valence-electron chi connectivity index (χ1n) is 12.3. The Bertz CT molecular complexity index is 895. The first-order valence-corrected chi connectivity index (χ1v) is 12.3. The summed E-state index contributed by atoms with van der Waals surface area (Å²) in [6.45, 7) is 9.97. The van der Waals surface area contributed by atoms with Gasteiger partial charge in [-0.3, -0.25) is 14.4 Å². The van der Waals surface area contributed by atoms with Crippen LogP contribution in [0, 0.1) is 34.0 Å². The lowest BCUT2D eigenvalue weighted by Crippen LogP contribution is -2.54. The van der Waals surface area contributed by atoms with Gasteiger partial charge in [0.25, 0.3) is 0 Å². The van der Waals surface area contributed by atoms with Gasteiger partial charge < -0.3 is 14.2 Å². The van der Waals surface area contributed by atoms with Crippen LogP contribution in [0.4, 0.5) is 0 Å². The van der Waals surface area contributed by atoms with Gasteiger partial charge in [0, 0.05) is 18.8 Å². The Labute approximate surface area is 190 Å². The summed E-state index contributed by atoms with van der Waals surface area (Å²) in [6, 6.07) is 0. The fourth-order valence-corrected chi connectivity index (χ4v) is 9.17. The van der Waals surface area contributed by atoms with Crippen LogP contribution in [0.25, 0.3) is 0 Å². The highest BCUT2D eigenvalue weighted by Gasteiger charge is 2.84. The van der Waals surface area contributed by atoms with E-state index in [0.717, 1.165) is 44.9 Å². The lowest BCUT2D eigenvalue weighted by atomic mass is 9.58. The van der Waals surface area contributed by atoms with Crippen molar-refractivity contribution in [1.29, 1.82) is 0 Å². The molecule has 5 rings (SSSR count). The molecule has 32 heavy (non-hydrogen) atoms. The lowest BCUT2D eigenvalue weighted by Gasteiger charge is -2.47. The number of hydrogen-bond acceptors (Lipinski definition) is 6. The number of methoxy groups -OCH3 is 1. The van der Waals surface area contributed by atoms with E-state index in [1.54, 1.807) is 0 Å². The third kappa shape index (κ3) is 2.39. The Morgan fingerprint density at radius 1 is 1.25 bits per heavy atom.